The summed E-state index contributed by atoms with van der Waals surface area (Å²) in [5, 5.41) is 6.07. The highest BCUT2D eigenvalue weighted by atomic mass is 32.2. The van der Waals surface area contributed by atoms with Gasteiger partial charge in [0.15, 0.2) is 6.20 Å². The van der Waals surface area contributed by atoms with Gasteiger partial charge in [0, 0.05) is 27.9 Å². The quantitative estimate of drug-likeness (QED) is 0.193. The minimum atomic E-state index is 0.922. The van der Waals surface area contributed by atoms with Gasteiger partial charge in [-0.2, -0.15) is 4.57 Å². The average molecular weight is 472 g/mol. The zero-order valence-corrected chi connectivity index (χ0v) is 20.3. The van der Waals surface area contributed by atoms with Crippen LogP contribution in [0, 0.1) is 0 Å². The Hall–Kier alpha value is -4.02. The first kappa shape index (κ1) is 20.4. The minimum Gasteiger partial charge on any atom is -0.448 e. The standard InChI is InChI=1S/C31H23N2OS/c1-32-18-17-20-19-21(33-26-12-6-3-9-23(26)24-10-4-7-13-27(24)33)15-16-22(20)29(32)30-31(35-2)25-11-5-8-14-28(25)34-30/h3-19H,1-2H3/q+1. The van der Waals surface area contributed by atoms with Crippen molar-refractivity contribution in [1.82, 2.24) is 4.57 Å². The molecular formula is C31H23N2OS+. The molecular weight excluding hydrogens is 448 g/mol. The smallest absolute Gasteiger partial charge is 0.257 e. The van der Waals surface area contributed by atoms with Crippen molar-refractivity contribution in [2.24, 2.45) is 7.05 Å². The molecule has 4 aromatic carbocycles. The number of hydrogen-bond donors (Lipinski definition) is 0. The van der Waals surface area contributed by atoms with Crippen molar-refractivity contribution < 1.29 is 8.98 Å². The van der Waals surface area contributed by atoms with Crippen molar-refractivity contribution in [2.75, 3.05) is 6.26 Å². The Morgan fingerprint density at radius 3 is 2.09 bits per heavy atom. The lowest BCUT2D eigenvalue weighted by molar-refractivity contribution is -0.659. The lowest BCUT2D eigenvalue weighted by Crippen LogP contribution is -2.30. The highest BCUT2D eigenvalue weighted by molar-refractivity contribution is 7.99. The predicted molar refractivity (Wildman–Crippen MR) is 146 cm³/mol. The second-order valence-corrected chi connectivity index (χ2v) is 9.69. The zero-order valence-electron chi connectivity index (χ0n) is 19.5. The summed E-state index contributed by atoms with van der Waals surface area (Å²) in [6.45, 7) is 0. The molecule has 0 unspecified atom stereocenters. The van der Waals surface area contributed by atoms with Crippen molar-refractivity contribution in [3.05, 3.63) is 103 Å². The Balaban J connectivity index is 1.50. The maximum atomic E-state index is 6.44. The molecule has 3 heterocycles. The third-order valence-corrected chi connectivity index (χ3v) is 7.74. The fourth-order valence-corrected chi connectivity index (χ4v) is 6.08. The van der Waals surface area contributed by atoms with Gasteiger partial charge in [-0.15, -0.1) is 11.8 Å². The highest BCUT2D eigenvalue weighted by Gasteiger charge is 2.25. The third-order valence-electron chi connectivity index (χ3n) is 6.93. The van der Waals surface area contributed by atoms with Crippen LogP contribution in [0.2, 0.25) is 0 Å². The molecule has 4 heteroatoms. The first-order valence-corrected chi connectivity index (χ1v) is 12.9. The maximum absolute atomic E-state index is 6.44. The Morgan fingerprint density at radius 2 is 1.37 bits per heavy atom. The molecule has 168 valence electrons. The maximum Gasteiger partial charge on any atom is 0.257 e. The number of aryl methyl sites for hydroxylation is 1. The first-order valence-electron chi connectivity index (χ1n) is 11.7. The van der Waals surface area contributed by atoms with E-state index in [0.29, 0.717) is 0 Å². The van der Waals surface area contributed by atoms with E-state index in [4.69, 9.17) is 4.42 Å². The van der Waals surface area contributed by atoms with E-state index in [9.17, 15) is 0 Å². The Bertz CT molecular complexity index is 1860. The van der Waals surface area contributed by atoms with E-state index in [1.165, 1.54) is 37.5 Å². The van der Waals surface area contributed by atoms with Crippen LogP contribution in [0.25, 0.3) is 60.7 Å². The summed E-state index contributed by atoms with van der Waals surface area (Å²) in [7, 11) is 2.09. The van der Waals surface area contributed by atoms with Crippen LogP contribution in [0.1, 0.15) is 0 Å². The summed E-state index contributed by atoms with van der Waals surface area (Å²) >= 11 is 1.74. The van der Waals surface area contributed by atoms with Crippen LogP contribution in [0.3, 0.4) is 0 Å². The lowest BCUT2D eigenvalue weighted by Gasteiger charge is -2.10. The number of nitrogens with zero attached hydrogens (tertiary/aromatic N) is 2. The van der Waals surface area contributed by atoms with E-state index in [-0.39, 0.29) is 0 Å². The number of thioether (sulfide) groups is 1. The fourth-order valence-electron chi connectivity index (χ4n) is 5.36. The van der Waals surface area contributed by atoms with Crippen molar-refractivity contribution in [2.45, 2.75) is 4.90 Å². The Morgan fingerprint density at radius 1 is 0.714 bits per heavy atom. The van der Waals surface area contributed by atoms with Crippen LogP contribution < -0.4 is 4.57 Å². The molecule has 0 N–H and O–H groups in total. The first-order chi connectivity index (χ1) is 17.2. The molecule has 0 radical (unpaired) electrons. The second kappa shape index (κ2) is 7.76. The average Bonchev–Trinajstić information content (AvgIpc) is 3.44. The molecule has 7 rings (SSSR count). The fraction of sp³-hybridized carbons (Fsp3) is 0.0645. The molecule has 7 aromatic rings. The van der Waals surface area contributed by atoms with Gasteiger partial charge in [-0.05, 0) is 54.1 Å². The van der Waals surface area contributed by atoms with E-state index < -0.39 is 0 Å². The van der Waals surface area contributed by atoms with Gasteiger partial charge in [0.2, 0.25) is 5.76 Å². The summed E-state index contributed by atoms with van der Waals surface area (Å²) in [6.07, 6.45) is 4.25. The van der Waals surface area contributed by atoms with Crippen molar-refractivity contribution in [3.63, 3.8) is 0 Å². The van der Waals surface area contributed by atoms with E-state index >= 15 is 0 Å². The zero-order chi connectivity index (χ0) is 23.5. The number of hydrogen-bond acceptors (Lipinski definition) is 2. The lowest BCUT2D eigenvalue weighted by atomic mass is 10.1. The van der Waals surface area contributed by atoms with Crippen LogP contribution in [0.5, 0.6) is 0 Å². The normalized spacial score (nSPS) is 11.8. The molecule has 3 aromatic heterocycles. The number of para-hydroxylation sites is 3. The summed E-state index contributed by atoms with van der Waals surface area (Å²) in [5.74, 6) is 0.927. The third kappa shape index (κ3) is 2.96. The van der Waals surface area contributed by atoms with Crippen LogP contribution >= 0.6 is 11.8 Å². The van der Waals surface area contributed by atoms with Crippen LogP contribution in [-0.2, 0) is 7.05 Å². The molecule has 0 saturated carbocycles. The Kier molecular flexibility index (Phi) is 4.51. The molecule has 0 spiro atoms. The summed E-state index contributed by atoms with van der Waals surface area (Å²) in [4.78, 5) is 1.18. The minimum absolute atomic E-state index is 0.922. The largest absolute Gasteiger partial charge is 0.448 e. The molecule has 35 heavy (non-hydrogen) atoms. The topological polar surface area (TPSA) is 21.9 Å². The number of furan rings is 1. The predicted octanol–water partition coefficient (Wildman–Crippen LogP) is 7.90. The number of fused-ring (bicyclic) bond motifs is 5. The molecule has 0 atom stereocenters. The van der Waals surface area contributed by atoms with Gasteiger partial charge in [-0.25, -0.2) is 0 Å². The molecule has 0 aliphatic carbocycles. The number of benzene rings is 4. The SMILES string of the molecule is CSc1c(-c2c3ccc(-n4c5ccccc5c5ccccc54)cc3cc[n+]2C)oc2ccccc12. The Labute approximate surface area is 207 Å². The van der Waals surface area contributed by atoms with E-state index in [0.717, 1.165) is 28.1 Å². The van der Waals surface area contributed by atoms with Crippen LogP contribution in [-0.4, -0.2) is 10.8 Å². The summed E-state index contributed by atoms with van der Waals surface area (Å²) < 4.78 is 11.0. The van der Waals surface area contributed by atoms with E-state index in [1.54, 1.807) is 11.8 Å². The van der Waals surface area contributed by atoms with Crippen molar-refractivity contribution in [3.8, 4) is 17.1 Å². The van der Waals surface area contributed by atoms with E-state index in [2.05, 4.69) is 114 Å². The summed E-state index contributed by atoms with van der Waals surface area (Å²) in [5.41, 5.74) is 5.61. The van der Waals surface area contributed by atoms with Gasteiger partial charge in [0.05, 0.1) is 21.3 Å². The number of pyridine rings is 1. The molecule has 0 aliphatic rings. The molecule has 0 amide bonds. The molecule has 0 fully saturated rings. The van der Waals surface area contributed by atoms with Gasteiger partial charge in [-0.3, -0.25) is 0 Å². The van der Waals surface area contributed by atoms with Gasteiger partial charge in [-0.1, -0.05) is 48.5 Å². The molecule has 0 aliphatic heterocycles. The number of rotatable bonds is 3. The molecule has 0 saturated heterocycles. The van der Waals surface area contributed by atoms with Crippen LogP contribution in [0.15, 0.2) is 113 Å². The highest BCUT2D eigenvalue weighted by Crippen LogP contribution is 2.41. The number of aromatic nitrogens is 2. The molecule has 3 nitrogen and oxygen atoms in total. The van der Waals surface area contributed by atoms with Gasteiger partial charge in [0.1, 0.15) is 12.6 Å². The monoisotopic (exact) mass is 471 g/mol. The van der Waals surface area contributed by atoms with Crippen molar-refractivity contribution >= 4 is 55.3 Å². The summed E-state index contributed by atoms with van der Waals surface area (Å²) in [6, 6.07) is 34.5. The van der Waals surface area contributed by atoms with Gasteiger partial charge < -0.3 is 8.98 Å². The van der Waals surface area contributed by atoms with Gasteiger partial charge >= 0.3 is 0 Å². The molecule has 0 bridgehead atoms. The van der Waals surface area contributed by atoms with Gasteiger partial charge in [0.25, 0.3) is 5.69 Å². The van der Waals surface area contributed by atoms with Crippen LogP contribution in [0.4, 0.5) is 0 Å². The second-order valence-electron chi connectivity index (χ2n) is 8.88. The van der Waals surface area contributed by atoms with E-state index in [1.807, 2.05) is 12.1 Å². The van der Waals surface area contributed by atoms with Crippen molar-refractivity contribution in [1.29, 1.82) is 0 Å².